The largest absolute Gasteiger partial charge is 0.497 e. The number of carbonyl (C=O) groups excluding carboxylic acids is 1. The number of methoxy groups -OCH3 is 1. The molecular weight excluding hydrogens is 276 g/mol. The standard InChI is InChI=1S/C18H26N2O2/c1-22-16-8-3-5-13(12-16)17-9-4-10-20(17)18(21)14-6-2-7-15(19)11-14/h3,5,8,12,14-15,17H,2,4,6-7,9-11,19H2,1H3/t14-,15+,17-/m0/s1. The molecule has 4 nitrogen and oxygen atoms in total. The van der Waals surface area contributed by atoms with Gasteiger partial charge in [-0.05, 0) is 49.8 Å². The van der Waals surface area contributed by atoms with E-state index in [1.807, 2.05) is 12.1 Å². The molecule has 1 amide bonds. The highest BCUT2D eigenvalue weighted by Gasteiger charge is 2.35. The van der Waals surface area contributed by atoms with Crippen LogP contribution in [0.2, 0.25) is 0 Å². The van der Waals surface area contributed by atoms with Crippen LogP contribution in [0, 0.1) is 5.92 Å². The van der Waals surface area contributed by atoms with Crippen molar-refractivity contribution in [2.24, 2.45) is 11.7 Å². The van der Waals surface area contributed by atoms with Crippen LogP contribution in [0.15, 0.2) is 24.3 Å². The van der Waals surface area contributed by atoms with Gasteiger partial charge < -0.3 is 15.4 Å². The Morgan fingerprint density at radius 3 is 2.91 bits per heavy atom. The Bertz CT molecular complexity index is 532. The highest BCUT2D eigenvalue weighted by atomic mass is 16.5. The molecule has 120 valence electrons. The lowest BCUT2D eigenvalue weighted by molar-refractivity contribution is -0.137. The van der Waals surface area contributed by atoms with Crippen molar-refractivity contribution < 1.29 is 9.53 Å². The second-order valence-electron chi connectivity index (χ2n) is 6.59. The summed E-state index contributed by atoms with van der Waals surface area (Å²) in [7, 11) is 1.68. The predicted octanol–water partition coefficient (Wildman–Crippen LogP) is 2.88. The Morgan fingerprint density at radius 2 is 2.14 bits per heavy atom. The van der Waals surface area contributed by atoms with Crippen LogP contribution in [0.1, 0.15) is 50.1 Å². The van der Waals surface area contributed by atoms with Crippen molar-refractivity contribution in [2.75, 3.05) is 13.7 Å². The maximum Gasteiger partial charge on any atom is 0.226 e. The molecule has 1 aliphatic heterocycles. The third-order valence-electron chi connectivity index (χ3n) is 5.08. The zero-order chi connectivity index (χ0) is 15.5. The number of ether oxygens (including phenoxy) is 1. The molecule has 1 saturated heterocycles. The maximum absolute atomic E-state index is 12.9. The quantitative estimate of drug-likeness (QED) is 0.934. The molecule has 0 bridgehead atoms. The van der Waals surface area contributed by atoms with E-state index >= 15 is 0 Å². The lowest BCUT2D eigenvalue weighted by Gasteiger charge is -2.32. The minimum absolute atomic E-state index is 0.120. The average molecular weight is 302 g/mol. The Morgan fingerprint density at radius 1 is 1.27 bits per heavy atom. The molecule has 3 rings (SSSR count). The van der Waals surface area contributed by atoms with Crippen LogP contribution in [0.25, 0.3) is 0 Å². The van der Waals surface area contributed by atoms with Crippen molar-refractivity contribution in [1.29, 1.82) is 0 Å². The summed E-state index contributed by atoms with van der Waals surface area (Å²) in [5, 5.41) is 0. The highest BCUT2D eigenvalue weighted by molar-refractivity contribution is 5.79. The van der Waals surface area contributed by atoms with Gasteiger partial charge >= 0.3 is 0 Å². The number of hydrogen-bond donors (Lipinski definition) is 1. The third-order valence-corrected chi connectivity index (χ3v) is 5.08. The molecule has 2 fully saturated rings. The van der Waals surface area contributed by atoms with E-state index in [-0.39, 0.29) is 18.0 Å². The van der Waals surface area contributed by atoms with Crippen LogP contribution in [-0.2, 0) is 4.79 Å². The van der Waals surface area contributed by atoms with Crippen molar-refractivity contribution in [3.63, 3.8) is 0 Å². The monoisotopic (exact) mass is 302 g/mol. The van der Waals surface area contributed by atoms with Gasteiger partial charge in [-0.3, -0.25) is 4.79 Å². The first-order valence-corrected chi connectivity index (χ1v) is 8.39. The zero-order valence-electron chi connectivity index (χ0n) is 13.3. The van der Waals surface area contributed by atoms with Gasteiger partial charge in [0, 0.05) is 18.5 Å². The molecule has 2 N–H and O–H groups in total. The second kappa shape index (κ2) is 6.69. The number of hydrogen-bond acceptors (Lipinski definition) is 3. The van der Waals surface area contributed by atoms with E-state index in [1.165, 1.54) is 5.56 Å². The fraction of sp³-hybridized carbons (Fsp3) is 0.611. The highest BCUT2D eigenvalue weighted by Crippen LogP contribution is 2.36. The Hall–Kier alpha value is -1.55. The van der Waals surface area contributed by atoms with Crippen molar-refractivity contribution in [2.45, 2.75) is 50.6 Å². The molecule has 0 aromatic heterocycles. The van der Waals surface area contributed by atoms with Gasteiger partial charge in [0.2, 0.25) is 5.91 Å². The van der Waals surface area contributed by atoms with Gasteiger partial charge in [-0.25, -0.2) is 0 Å². The normalized spacial score (nSPS) is 28.6. The molecule has 2 aliphatic rings. The van der Waals surface area contributed by atoms with Crippen molar-refractivity contribution in [1.82, 2.24) is 4.90 Å². The van der Waals surface area contributed by atoms with Crippen molar-refractivity contribution in [3.05, 3.63) is 29.8 Å². The summed E-state index contributed by atoms with van der Waals surface area (Å²) in [6.07, 6.45) is 6.09. The third kappa shape index (κ3) is 3.12. The van der Waals surface area contributed by atoms with E-state index in [0.29, 0.717) is 5.91 Å². The van der Waals surface area contributed by atoms with Crippen LogP contribution in [-0.4, -0.2) is 30.5 Å². The van der Waals surface area contributed by atoms with Crippen LogP contribution in [0.3, 0.4) is 0 Å². The van der Waals surface area contributed by atoms with Gasteiger partial charge in [0.25, 0.3) is 0 Å². The molecule has 1 aliphatic carbocycles. The molecule has 1 aromatic carbocycles. The Balaban J connectivity index is 1.76. The Labute approximate surface area is 132 Å². The molecule has 1 heterocycles. The summed E-state index contributed by atoms with van der Waals surface area (Å²) in [5.74, 6) is 1.28. The molecule has 1 aromatic rings. The summed E-state index contributed by atoms with van der Waals surface area (Å²) >= 11 is 0. The minimum atomic E-state index is 0.120. The smallest absolute Gasteiger partial charge is 0.226 e. The molecule has 0 unspecified atom stereocenters. The van der Waals surface area contributed by atoms with E-state index < -0.39 is 0 Å². The van der Waals surface area contributed by atoms with Gasteiger partial charge in [0.15, 0.2) is 0 Å². The van der Waals surface area contributed by atoms with Gasteiger partial charge in [-0.15, -0.1) is 0 Å². The molecule has 22 heavy (non-hydrogen) atoms. The lowest BCUT2D eigenvalue weighted by Crippen LogP contribution is -2.40. The lowest BCUT2D eigenvalue weighted by atomic mass is 9.85. The molecule has 4 heteroatoms. The Kier molecular flexibility index (Phi) is 4.67. The first-order valence-electron chi connectivity index (χ1n) is 8.39. The molecular formula is C18H26N2O2. The fourth-order valence-corrected chi connectivity index (χ4v) is 3.91. The predicted molar refractivity (Wildman–Crippen MR) is 86.6 cm³/mol. The van der Waals surface area contributed by atoms with Crippen molar-refractivity contribution in [3.8, 4) is 5.75 Å². The van der Waals surface area contributed by atoms with E-state index in [1.54, 1.807) is 7.11 Å². The van der Waals surface area contributed by atoms with Gasteiger partial charge in [0.05, 0.1) is 13.2 Å². The van der Waals surface area contributed by atoms with Crippen molar-refractivity contribution >= 4 is 5.91 Å². The molecule has 3 atom stereocenters. The number of nitrogens with zero attached hydrogens (tertiary/aromatic N) is 1. The molecule has 0 radical (unpaired) electrons. The van der Waals surface area contributed by atoms with E-state index in [0.717, 1.165) is 50.8 Å². The molecule has 1 saturated carbocycles. The number of likely N-dealkylation sites (tertiary alicyclic amines) is 1. The van der Waals surface area contributed by atoms with E-state index in [2.05, 4.69) is 17.0 Å². The number of benzene rings is 1. The van der Waals surface area contributed by atoms with Crippen LogP contribution in [0.4, 0.5) is 0 Å². The number of rotatable bonds is 3. The second-order valence-corrected chi connectivity index (χ2v) is 6.59. The molecule has 0 spiro atoms. The number of amides is 1. The average Bonchev–Trinajstić information content (AvgIpc) is 3.04. The summed E-state index contributed by atoms with van der Waals surface area (Å²) in [6.45, 7) is 0.868. The van der Waals surface area contributed by atoms with Gasteiger partial charge in [-0.2, -0.15) is 0 Å². The number of carbonyl (C=O) groups is 1. The first-order chi connectivity index (χ1) is 10.7. The van der Waals surface area contributed by atoms with Crippen LogP contribution >= 0.6 is 0 Å². The maximum atomic E-state index is 12.9. The van der Waals surface area contributed by atoms with Gasteiger partial charge in [0.1, 0.15) is 5.75 Å². The fourth-order valence-electron chi connectivity index (χ4n) is 3.91. The topological polar surface area (TPSA) is 55.6 Å². The van der Waals surface area contributed by atoms with E-state index in [4.69, 9.17) is 10.5 Å². The summed E-state index contributed by atoms with van der Waals surface area (Å²) < 4.78 is 5.32. The zero-order valence-corrected chi connectivity index (χ0v) is 13.3. The SMILES string of the molecule is COc1cccc([C@@H]2CCCN2C(=O)[C@H]2CCC[C@@H](N)C2)c1. The van der Waals surface area contributed by atoms with Crippen LogP contribution in [0.5, 0.6) is 5.75 Å². The summed E-state index contributed by atoms with van der Waals surface area (Å²) in [6, 6.07) is 8.51. The first kappa shape index (κ1) is 15.3. The summed E-state index contributed by atoms with van der Waals surface area (Å²) in [5.41, 5.74) is 7.24. The van der Waals surface area contributed by atoms with Gasteiger partial charge in [-0.1, -0.05) is 18.6 Å². The number of nitrogens with two attached hydrogens (primary N) is 1. The summed E-state index contributed by atoms with van der Waals surface area (Å²) in [4.78, 5) is 15.0. The minimum Gasteiger partial charge on any atom is -0.497 e. The van der Waals surface area contributed by atoms with Crippen LogP contribution < -0.4 is 10.5 Å². The van der Waals surface area contributed by atoms with E-state index in [9.17, 15) is 4.79 Å².